The number of benzene rings is 1. The second-order valence-electron chi connectivity index (χ2n) is 4.20. The van der Waals surface area contributed by atoms with E-state index >= 15 is 0 Å². The maximum Gasteiger partial charge on any atom is 0.336 e. The average molecular weight is 301 g/mol. The standard InChI is InChI=1S/C14H11N3O3S/c1-20-8-2-3-10-11(6-8)17-14(16-10)21-12-7-15-5-4-9(12)13(18)19/h2-7H,1H3,(H,16,17)(H,18,19). The minimum absolute atomic E-state index is 0.202. The van der Waals surface area contributed by atoms with Crippen LogP contribution in [0.15, 0.2) is 46.7 Å². The molecule has 0 atom stereocenters. The van der Waals surface area contributed by atoms with Gasteiger partial charge in [0.15, 0.2) is 5.16 Å². The van der Waals surface area contributed by atoms with E-state index < -0.39 is 5.97 Å². The first-order chi connectivity index (χ1) is 10.2. The van der Waals surface area contributed by atoms with Gasteiger partial charge in [0.2, 0.25) is 0 Å². The predicted octanol–water partition coefficient (Wildman–Crippen LogP) is 2.82. The normalized spacial score (nSPS) is 10.7. The highest BCUT2D eigenvalue weighted by Crippen LogP contribution is 2.30. The van der Waals surface area contributed by atoms with Gasteiger partial charge in [0, 0.05) is 23.4 Å². The highest BCUT2D eigenvalue weighted by Gasteiger charge is 2.13. The molecular formula is C14H11N3O3S. The molecule has 0 bridgehead atoms. The zero-order chi connectivity index (χ0) is 14.8. The molecule has 2 N–H and O–H groups in total. The Kier molecular flexibility index (Phi) is 3.49. The molecule has 1 aromatic carbocycles. The number of imidazole rings is 1. The van der Waals surface area contributed by atoms with Gasteiger partial charge in [-0.3, -0.25) is 4.98 Å². The minimum atomic E-state index is -0.988. The van der Waals surface area contributed by atoms with E-state index in [9.17, 15) is 4.79 Å². The monoisotopic (exact) mass is 301 g/mol. The van der Waals surface area contributed by atoms with E-state index in [1.54, 1.807) is 7.11 Å². The number of fused-ring (bicyclic) bond motifs is 1. The molecule has 0 unspecified atom stereocenters. The number of aromatic nitrogens is 3. The third kappa shape index (κ3) is 2.68. The Hall–Kier alpha value is -2.54. The maximum atomic E-state index is 11.2. The van der Waals surface area contributed by atoms with Crippen molar-refractivity contribution >= 4 is 28.8 Å². The zero-order valence-electron chi connectivity index (χ0n) is 11.0. The maximum absolute atomic E-state index is 11.2. The summed E-state index contributed by atoms with van der Waals surface area (Å²) in [6.07, 6.45) is 2.97. The lowest BCUT2D eigenvalue weighted by Crippen LogP contribution is -1.99. The van der Waals surface area contributed by atoms with Gasteiger partial charge in [-0.05, 0) is 30.0 Å². The SMILES string of the molecule is COc1ccc2nc(Sc3cnccc3C(=O)O)[nH]c2c1. The molecule has 3 aromatic rings. The smallest absolute Gasteiger partial charge is 0.336 e. The lowest BCUT2D eigenvalue weighted by molar-refractivity contribution is 0.0693. The molecule has 0 aliphatic carbocycles. The van der Waals surface area contributed by atoms with Gasteiger partial charge in [0.25, 0.3) is 0 Å². The highest BCUT2D eigenvalue weighted by atomic mass is 32.2. The van der Waals surface area contributed by atoms with Gasteiger partial charge in [-0.15, -0.1) is 0 Å². The fourth-order valence-corrected chi connectivity index (χ4v) is 2.77. The molecule has 3 rings (SSSR count). The number of hydrogen-bond donors (Lipinski definition) is 2. The molecule has 0 aliphatic rings. The first kappa shape index (κ1) is 13.4. The number of hydrogen-bond acceptors (Lipinski definition) is 5. The topological polar surface area (TPSA) is 88.1 Å². The second kappa shape index (κ2) is 5.45. The van der Waals surface area contributed by atoms with Gasteiger partial charge in [-0.1, -0.05) is 0 Å². The molecule has 7 heteroatoms. The van der Waals surface area contributed by atoms with Crippen LogP contribution in [0.25, 0.3) is 11.0 Å². The number of pyridine rings is 1. The number of H-pyrrole nitrogens is 1. The van der Waals surface area contributed by atoms with Crippen molar-refractivity contribution in [2.75, 3.05) is 7.11 Å². The van der Waals surface area contributed by atoms with E-state index in [2.05, 4.69) is 15.0 Å². The van der Waals surface area contributed by atoms with Gasteiger partial charge >= 0.3 is 5.97 Å². The van der Waals surface area contributed by atoms with E-state index in [0.717, 1.165) is 16.8 Å². The van der Waals surface area contributed by atoms with Gasteiger partial charge in [0.1, 0.15) is 5.75 Å². The molecule has 0 radical (unpaired) electrons. The van der Waals surface area contributed by atoms with Crippen LogP contribution in [0.1, 0.15) is 10.4 Å². The van der Waals surface area contributed by atoms with E-state index in [1.807, 2.05) is 18.2 Å². The summed E-state index contributed by atoms with van der Waals surface area (Å²) in [6, 6.07) is 6.98. The van der Waals surface area contributed by atoms with Crippen LogP contribution in [0, 0.1) is 0 Å². The number of carbonyl (C=O) groups is 1. The Labute approximate surface area is 124 Å². The van der Waals surface area contributed by atoms with Crippen LogP contribution in [0.5, 0.6) is 5.75 Å². The molecule has 0 aliphatic heterocycles. The molecule has 2 aromatic heterocycles. The summed E-state index contributed by atoms with van der Waals surface area (Å²) >= 11 is 1.23. The molecule has 0 spiro atoms. The van der Waals surface area contributed by atoms with E-state index in [-0.39, 0.29) is 5.56 Å². The summed E-state index contributed by atoms with van der Waals surface area (Å²) in [5.74, 6) is -0.256. The number of aromatic carboxylic acids is 1. The molecule has 0 amide bonds. The molecule has 106 valence electrons. The number of nitrogens with zero attached hydrogens (tertiary/aromatic N) is 2. The summed E-state index contributed by atoms with van der Waals surface area (Å²) in [5, 5.41) is 9.77. The Bertz CT molecular complexity index is 816. The molecule has 0 fully saturated rings. The van der Waals surface area contributed by atoms with Crippen molar-refractivity contribution in [3.05, 3.63) is 42.2 Å². The number of carboxylic acids is 1. The van der Waals surface area contributed by atoms with Crippen LogP contribution in [0.4, 0.5) is 0 Å². The predicted molar refractivity (Wildman–Crippen MR) is 78.0 cm³/mol. The third-order valence-electron chi connectivity index (χ3n) is 2.89. The Morgan fingerprint density at radius 1 is 1.38 bits per heavy atom. The Morgan fingerprint density at radius 3 is 3.00 bits per heavy atom. The van der Waals surface area contributed by atoms with Crippen molar-refractivity contribution in [3.63, 3.8) is 0 Å². The Balaban J connectivity index is 1.97. The van der Waals surface area contributed by atoms with Crippen molar-refractivity contribution in [2.24, 2.45) is 0 Å². The number of methoxy groups -OCH3 is 1. The van der Waals surface area contributed by atoms with Crippen LogP contribution in [0.3, 0.4) is 0 Å². The summed E-state index contributed by atoms with van der Waals surface area (Å²) in [4.78, 5) is 23.2. The molecule has 6 nitrogen and oxygen atoms in total. The fraction of sp³-hybridized carbons (Fsp3) is 0.0714. The van der Waals surface area contributed by atoms with Crippen molar-refractivity contribution in [1.82, 2.24) is 15.0 Å². The first-order valence-corrected chi connectivity index (χ1v) is 6.88. The number of rotatable bonds is 4. The largest absolute Gasteiger partial charge is 0.497 e. The summed E-state index contributed by atoms with van der Waals surface area (Å²) < 4.78 is 5.16. The van der Waals surface area contributed by atoms with Crippen LogP contribution >= 0.6 is 11.8 Å². The number of carboxylic acid groups (broad SMARTS) is 1. The zero-order valence-corrected chi connectivity index (χ0v) is 11.8. The van der Waals surface area contributed by atoms with Gasteiger partial charge in [0.05, 0.1) is 23.7 Å². The summed E-state index contributed by atoms with van der Waals surface area (Å²) in [7, 11) is 1.60. The average Bonchev–Trinajstić information content (AvgIpc) is 2.88. The Morgan fingerprint density at radius 2 is 2.24 bits per heavy atom. The van der Waals surface area contributed by atoms with Gasteiger partial charge < -0.3 is 14.8 Å². The van der Waals surface area contributed by atoms with Crippen molar-refractivity contribution in [2.45, 2.75) is 10.1 Å². The number of nitrogens with one attached hydrogen (secondary N) is 1. The number of ether oxygens (including phenoxy) is 1. The summed E-state index contributed by atoms with van der Waals surface area (Å²) in [6.45, 7) is 0. The van der Waals surface area contributed by atoms with Crippen LogP contribution < -0.4 is 4.74 Å². The number of aromatic amines is 1. The van der Waals surface area contributed by atoms with E-state index in [1.165, 1.54) is 30.2 Å². The lowest BCUT2D eigenvalue weighted by Gasteiger charge is -2.01. The van der Waals surface area contributed by atoms with E-state index in [4.69, 9.17) is 9.84 Å². The van der Waals surface area contributed by atoms with Crippen molar-refractivity contribution in [1.29, 1.82) is 0 Å². The van der Waals surface area contributed by atoms with Crippen molar-refractivity contribution < 1.29 is 14.6 Å². The lowest BCUT2D eigenvalue weighted by atomic mass is 10.3. The third-order valence-corrected chi connectivity index (χ3v) is 3.82. The van der Waals surface area contributed by atoms with Gasteiger partial charge in [-0.2, -0.15) is 0 Å². The molecule has 21 heavy (non-hydrogen) atoms. The van der Waals surface area contributed by atoms with E-state index in [0.29, 0.717) is 10.1 Å². The van der Waals surface area contributed by atoms with Crippen LogP contribution in [-0.4, -0.2) is 33.1 Å². The highest BCUT2D eigenvalue weighted by molar-refractivity contribution is 7.99. The van der Waals surface area contributed by atoms with Crippen LogP contribution in [0.2, 0.25) is 0 Å². The van der Waals surface area contributed by atoms with Crippen molar-refractivity contribution in [3.8, 4) is 5.75 Å². The quantitative estimate of drug-likeness (QED) is 0.770. The minimum Gasteiger partial charge on any atom is -0.497 e. The second-order valence-corrected chi connectivity index (χ2v) is 5.23. The molecule has 0 saturated carbocycles. The van der Waals surface area contributed by atoms with Crippen LogP contribution in [-0.2, 0) is 0 Å². The fourth-order valence-electron chi connectivity index (χ4n) is 1.88. The molecule has 2 heterocycles. The molecule has 0 saturated heterocycles. The molecular weight excluding hydrogens is 290 g/mol. The summed E-state index contributed by atoms with van der Waals surface area (Å²) in [5.41, 5.74) is 1.82. The van der Waals surface area contributed by atoms with Gasteiger partial charge in [-0.25, -0.2) is 9.78 Å². The first-order valence-electron chi connectivity index (χ1n) is 6.06.